The second-order valence-electron chi connectivity index (χ2n) is 5.26. The molecule has 0 radical (unpaired) electrons. The summed E-state index contributed by atoms with van der Waals surface area (Å²) in [5, 5.41) is 3.44. The zero-order valence-corrected chi connectivity index (χ0v) is 11.5. The van der Waals surface area contributed by atoms with Gasteiger partial charge >= 0.3 is 0 Å². The van der Waals surface area contributed by atoms with Crippen LogP contribution in [-0.2, 0) is 6.42 Å². The summed E-state index contributed by atoms with van der Waals surface area (Å²) in [6, 6.07) is 4.04. The largest absolute Gasteiger partial charge is 0.314 e. The van der Waals surface area contributed by atoms with Crippen molar-refractivity contribution >= 4 is 0 Å². The average molecular weight is 255 g/mol. The lowest BCUT2D eigenvalue weighted by molar-refractivity contribution is 0.415. The molecule has 1 aromatic carbocycles. The Hall–Kier alpha value is -0.960. The van der Waals surface area contributed by atoms with Gasteiger partial charge in [-0.2, -0.15) is 0 Å². The molecular formula is C15H23F2N. The normalized spacial score (nSPS) is 13.0. The molecule has 0 aliphatic rings. The maximum Gasteiger partial charge on any atom is 0.126 e. The van der Waals surface area contributed by atoms with Crippen LogP contribution in [0.2, 0.25) is 0 Å². The van der Waals surface area contributed by atoms with Gasteiger partial charge in [-0.1, -0.05) is 20.8 Å². The minimum absolute atomic E-state index is 0.283. The average Bonchev–Trinajstić information content (AvgIpc) is 2.23. The van der Waals surface area contributed by atoms with E-state index in [1.165, 1.54) is 12.1 Å². The summed E-state index contributed by atoms with van der Waals surface area (Å²) in [7, 11) is 0. The van der Waals surface area contributed by atoms with Gasteiger partial charge < -0.3 is 5.32 Å². The van der Waals surface area contributed by atoms with E-state index in [1.807, 2.05) is 0 Å². The van der Waals surface area contributed by atoms with Crippen molar-refractivity contribution in [2.45, 2.75) is 46.1 Å². The molecule has 18 heavy (non-hydrogen) atoms. The van der Waals surface area contributed by atoms with E-state index < -0.39 is 11.6 Å². The van der Waals surface area contributed by atoms with Crippen molar-refractivity contribution < 1.29 is 8.78 Å². The lowest BCUT2D eigenvalue weighted by Gasteiger charge is -2.20. The first-order valence-corrected chi connectivity index (χ1v) is 6.69. The fourth-order valence-electron chi connectivity index (χ4n) is 2.17. The third-order valence-electron chi connectivity index (χ3n) is 2.84. The Bertz CT molecular complexity index is 343. The molecule has 1 aromatic rings. The van der Waals surface area contributed by atoms with Gasteiger partial charge in [0.15, 0.2) is 0 Å². The predicted octanol–water partition coefficient (Wildman–Crippen LogP) is 3.92. The van der Waals surface area contributed by atoms with E-state index in [-0.39, 0.29) is 6.04 Å². The van der Waals surface area contributed by atoms with Crippen molar-refractivity contribution in [3.8, 4) is 0 Å². The van der Waals surface area contributed by atoms with Gasteiger partial charge in [0.2, 0.25) is 0 Å². The summed E-state index contributed by atoms with van der Waals surface area (Å²) in [6.07, 6.45) is 2.75. The van der Waals surface area contributed by atoms with E-state index in [9.17, 15) is 8.78 Å². The van der Waals surface area contributed by atoms with Crippen LogP contribution in [0, 0.1) is 17.6 Å². The van der Waals surface area contributed by atoms with E-state index in [0.717, 1.165) is 31.0 Å². The standard InChI is InChI=1S/C15H23F2N/c1-4-5-18-15(6-11(2)3)9-12-7-13(16)10-14(17)8-12/h7-8,10-11,15,18H,4-6,9H2,1-3H3. The van der Waals surface area contributed by atoms with Gasteiger partial charge in [0.1, 0.15) is 11.6 Å². The Morgan fingerprint density at radius 2 is 1.72 bits per heavy atom. The van der Waals surface area contributed by atoms with Crippen LogP contribution in [0.15, 0.2) is 18.2 Å². The molecule has 1 rings (SSSR count). The predicted molar refractivity (Wildman–Crippen MR) is 71.6 cm³/mol. The molecule has 0 amide bonds. The molecule has 0 saturated carbocycles. The third-order valence-corrected chi connectivity index (χ3v) is 2.84. The van der Waals surface area contributed by atoms with Crippen LogP contribution >= 0.6 is 0 Å². The Kier molecular flexibility index (Phi) is 6.27. The van der Waals surface area contributed by atoms with Crippen molar-refractivity contribution in [2.24, 2.45) is 5.92 Å². The lowest BCUT2D eigenvalue weighted by Crippen LogP contribution is -2.33. The maximum absolute atomic E-state index is 13.1. The molecule has 0 spiro atoms. The number of hydrogen-bond donors (Lipinski definition) is 1. The zero-order chi connectivity index (χ0) is 13.5. The molecule has 0 saturated heterocycles. The van der Waals surface area contributed by atoms with Crippen molar-refractivity contribution in [3.05, 3.63) is 35.4 Å². The molecular weight excluding hydrogens is 232 g/mol. The number of halogens is 2. The summed E-state index contributed by atoms with van der Waals surface area (Å²) < 4.78 is 26.3. The number of nitrogens with one attached hydrogen (secondary N) is 1. The molecule has 0 fully saturated rings. The molecule has 102 valence electrons. The summed E-state index contributed by atoms with van der Waals surface area (Å²) in [5.41, 5.74) is 0.724. The Morgan fingerprint density at radius 1 is 1.11 bits per heavy atom. The summed E-state index contributed by atoms with van der Waals surface area (Å²) >= 11 is 0. The monoisotopic (exact) mass is 255 g/mol. The molecule has 1 atom stereocenters. The van der Waals surface area contributed by atoms with Crippen LogP contribution < -0.4 is 5.32 Å². The third kappa shape index (κ3) is 5.58. The van der Waals surface area contributed by atoms with Crippen molar-refractivity contribution in [1.82, 2.24) is 5.32 Å². The van der Waals surface area contributed by atoms with Crippen LogP contribution in [0.1, 0.15) is 39.2 Å². The van der Waals surface area contributed by atoms with E-state index in [0.29, 0.717) is 12.3 Å². The minimum atomic E-state index is -0.496. The van der Waals surface area contributed by atoms with Crippen molar-refractivity contribution in [1.29, 1.82) is 0 Å². The summed E-state index contributed by atoms with van der Waals surface area (Å²) in [4.78, 5) is 0. The Balaban J connectivity index is 2.68. The summed E-state index contributed by atoms with van der Waals surface area (Å²) in [6.45, 7) is 7.37. The van der Waals surface area contributed by atoms with Crippen LogP contribution in [0.25, 0.3) is 0 Å². The molecule has 3 heteroatoms. The highest BCUT2D eigenvalue weighted by atomic mass is 19.1. The second-order valence-corrected chi connectivity index (χ2v) is 5.26. The number of rotatable bonds is 7. The fourth-order valence-corrected chi connectivity index (χ4v) is 2.17. The van der Waals surface area contributed by atoms with Gasteiger partial charge in [-0.15, -0.1) is 0 Å². The molecule has 0 aliphatic heterocycles. The van der Waals surface area contributed by atoms with Crippen molar-refractivity contribution in [3.63, 3.8) is 0 Å². The highest BCUT2D eigenvalue weighted by molar-refractivity contribution is 5.19. The topological polar surface area (TPSA) is 12.0 Å². The van der Waals surface area contributed by atoms with Crippen LogP contribution in [0.3, 0.4) is 0 Å². The molecule has 1 N–H and O–H groups in total. The molecule has 0 aliphatic carbocycles. The SMILES string of the molecule is CCCNC(Cc1cc(F)cc(F)c1)CC(C)C. The maximum atomic E-state index is 13.1. The van der Waals surface area contributed by atoms with Gasteiger partial charge in [0, 0.05) is 12.1 Å². The molecule has 1 nitrogen and oxygen atoms in total. The first-order valence-electron chi connectivity index (χ1n) is 6.69. The summed E-state index contributed by atoms with van der Waals surface area (Å²) in [5.74, 6) is -0.426. The van der Waals surface area contributed by atoms with Crippen LogP contribution in [0.5, 0.6) is 0 Å². The lowest BCUT2D eigenvalue weighted by atomic mass is 9.97. The zero-order valence-electron chi connectivity index (χ0n) is 11.5. The van der Waals surface area contributed by atoms with Crippen LogP contribution in [-0.4, -0.2) is 12.6 Å². The van der Waals surface area contributed by atoms with Gasteiger partial charge in [0.25, 0.3) is 0 Å². The van der Waals surface area contributed by atoms with E-state index >= 15 is 0 Å². The molecule has 1 unspecified atom stereocenters. The van der Waals surface area contributed by atoms with Gasteiger partial charge in [-0.3, -0.25) is 0 Å². The molecule has 0 bridgehead atoms. The highest BCUT2D eigenvalue weighted by Crippen LogP contribution is 2.14. The van der Waals surface area contributed by atoms with E-state index in [4.69, 9.17) is 0 Å². The first-order chi connectivity index (χ1) is 8.51. The number of benzene rings is 1. The Morgan fingerprint density at radius 3 is 2.22 bits per heavy atom. The van der Waals surface area contributed by atoms with Crippen LogP contribution in [0.4, 0.5) is 8.78 Å². The van der Waals surface area contributed by atoms with Gasteiger partial charge in [0.05, 0.1) is 0 Å². The van der Waals surface area contributed by atoms with E-state index in [2.05, 4.69) is 26.1 Å². The molecule has 0 aromatic heterocycles. The smallest absolute Gasteiger partial charge is 0.126 e. The Labute approximate surface area is 109 Å². The van der Waals surface area contributed by atoms with E-state index in [1.54, 1.807) is 0 Å². The number of hydrogen-bond acceptors (Lipinski definition) is 1. The first kappa shape index (κ1) is 15.1. The van der Waals surface area contributed by atoms with Gasteiger partial charge in [-0.05, 0) is 49.4 Å². The highest BCUT2D eigenvalue weighted by Gasteiger charge is 2.12. The fraction of sp³-hybridized carbons (Fsp3) is 0.600. The quantitative estimate of drug-likeness (QED) is 0.778. The van der Waals surface area contributed by atoms with Gasteiger partial charge in [-0.25, -0.2) is 8.78 Å². The van der Waals surface area contributed by atoms with Crippen molar-refractivity contribution in [2.75, 3.05) is 6.54 Å². The molecule has 0 heterocycles. The second kappa shape index (κ2) is 7.47. The minimum Gasteiger partial charge on any atom is -0.314 e.